The molecule has 6 nitrogen and oxygen atoms in total. The Balaban J connectivity index is 2.04. The third-order valence-corrected chi connectivity index (χ3v) is 3.26. The van der Waals surface area contributed by atoms with Gasteiger partial charge < -0.3 is 15.6 Å². The molecule has 0 aliphatic heterocycles. The van der Waals surface area contributed by atoms with E-state index in [0.717, 1.165) is 23.6 Å². The predicted molar refractivity (Wildman–Crippen MR) is 85.0 cm³/mol. The maximum Gasteiger partial charge on any atom is 0.226 e. The third-order valence-electron chi connectivity index (χ3n) is 3.26. The molecule has 0 saturated carbocycles. The molecule has 1 aromatic carbocycles. The van der Waals surface area contributed by atoms with Crippen molar-refractivity contribution in [3.05, 3.63) is 35.7 Å². The van der Waals surface area contributed by atoms with Gasteiger partial charge in [0.1, 0.15) is 5.52 Å². The Bertz CT molecular complexity index is 777. The molecule has 0 unspecified atom stereocenters. The molecule has 2 aromatic heterocycles. The molecule has 3 rings (SSSR count). The van der Waals surface area contributed by atoms with Crippen molar-refractivity contribution in [1.29, 1.82) is 0 Å². The highest BCUT2D eigenvalue weighted by atomic mass is 15.2. The molecule has 108 valence electrons. The molecule has 3 N–H and O–H groups in total. The molecular weight excluding hydrogens is 264 g/mol. The van der Waals surface area contributed by atoms with E-state index in [9.17, 15) is 0 Å². The van der Waals surface area contributed by atoms with E-state index in [1.807, 2.05) is 6.92 Å². The fourth-order valence-electron chi connectivity index (χ4n) is 2.24. The van der Waals surface area contributed by atoms with Crippen LogP contribution in [-0.4, -0.2) is 26.5 Å². The third kappa shape index (κ3) is 2.65. The number of aryl methyl sites for hydroxylation is 2. The summed E-state index contributed by atoms with van der Waals surface area (Å²) < 4.78 is 0. The number of fused-ring (bicyclic) bond motifs is 1. The minimum Gasteiger partial charge on any atom is -0.354 e. The van der Waals surface area contributed by atoms with Gasteiger partial charge in [0.15, 0.2) is 11.5 Å². The van der Waals surface area contributed by atoms with Gasteiger partial charge in [-0.1, -0.05) is 17.7 Å². The highest BCUT2D eigenvalue weighted by molar-refractivity contribution is 5.86. The van der Waals surface area contributed by atoms with E-state index in [1.165, 1.54) is 11.1 Å². The molecule has 0 amide bonds. The second kappa shape index (κ2) is 5.40. The number of rotatable bonds is 4. The summed E-state index contributed by atoms with van der Waals surface area (Å²) in [5.41, 5.74) is 4.88. The van der Waals surface area contributed by atoms with Crippen LogP contribution in [0.5, 0.6) is 0 Å². The van der Waals surface area contributed by atoms with E-state index in [-0.39, 0.29) is 0 Å². The Morgan fingerprint density at radius 3 is 2.81 bits per heavy atom. The van der Waals surface area contributed by atoms with Crippen molar-refractivity contribution in [3.63, 3.8) is 0 Å². The van der Waals surface area contributed by atoms with Gasteiger partial charge in [0.25, 0.3) is 0 Å². The van der Waals surface area contributed by atoms with Gasteiger partial charge in [0.05, 0.1) is 6.33 Å². The van der Waals surface area contributed by atoms with E-state index < -0.39 is 0 Å². The monoisotopic (exact) mass is 282 g/mol. The molecule has 0 aliphatic rings. The molecule has 0 aliphatic carbocycles. The van der Waals surface area contributed by atoms with Crippen LogP contribution in [0.3, 0.4) is 0 Å². The average Bonchev–Trinajstić information content (AvgIpc) is 2.91. The lowest BCUT2D eigenvalue weighted by Crippen LogP contribution is -2.05. The van der Waals surface area contributed by atoms with Gasteiger partial charge in [0.2, 0.25) is 5.95 Å². The Morgan fingerprint density at radius 2 is 2.05 bits per heavy atom. The highest BCUT2D eigenvalue weighted by Crippen LogP contribution is 2.25. The Labute approximate surface area is 123 Å². The Hall–Kier alpha value is -2.63. The first kappa shape index (κ1) is 13.4. The number of nitrogens with one attached hydrogen (secondary N) is 3. The summed E-state index contributed by atoms with van der Waals surface area (Å²) in [5, 5.41) is 6.49. The van der Waals surface area contributed by atoms with Crippen molar-refractivity contribution in [2.75, 3.05) is 17.2 Å². The summed E-state index contributed by atoms with van der Waals surface area (Å²) >= 11 is 0. The molecule has 3 aromatic rings. The Morgan fingerprint density at radius 1 is 1.19 bits per heavy atom. The first-order valence-corrected chi connectivity index (χ1v) is 6.96. The van der Waals surface area contributed by atoms with Crippen molar-refractivity contribution < 1.29 is 0 Å². The van der Waals surface area contributed by atoms with Crippen LogP contribution in [0.25, 0.3) is 11.2 Å². The lowest BCUT2D eigenvalue weighted by atomic mass is 10.1. The molecule has 2 heterocycles. The van der Waals surface area contributed by atoms with Crippen molar-refractivity contribution in [2.24, 2.45) is 0 Å². The summed E-state index contributed by atoms with van der Waals surface area (Å²) in [6, 6.07) is 6.27. The maximum absolute atomic E-state index is 4.52. The van der Waals surface area contributed by atoms with Crippen LogP contribution < -0.4 is 10.6 Å². The van der Waals surface area contributed by atoms with Gasteiger partial charge >= 0.3 is 0 Å². The summed E-state index contributed by atoms with van der Waals surface area (Å²) in [4.78, 5) is 16.2. The second-order valence-corrected chi connectivity index (χ2v) is 4.97. The highest BCUT2D eigenvalue weighted by Gasteiger charge is 2.10. The van der Waals surface area contributed by atoms with E-state index in [2.05, 4.69) is 62.6 Å². The largest absolute Gasteiger partial charge is 0.354 e. The van der Waals surface area contributed by atoms with Crippen molar-refractivity contribution in [1.82, 2.24) is 19.9 Å². The van der Waals surface area contributed by atoms with Crippen LogP contribution in [0.2, 0.25) is 0 Å². The van der Waals surface area contributed by atoms with Crippen LogP contribution in [0.15, 0.2) is 24.5 Å². The van der Waals surface area contributed by atoms with Crippen molar-refractivity contribution >= 4 is 28.6 Å². The molecular formula is C15H18N6. The first-order valence-electron chi connectivity index (χ1n) is 6.96. The van der Waals surface area contributed by atoms with Gasteiger partial charge in [-0.3, -0.25) is 0 Å². The minimum absolute atomic E-state index is 0.573. The molecule has 0 spiro atoms. The zero-order valence-electron chi connectivity index (χ0n) is 12.4. The quantitative estimate of drug-likeness (QED) is 0.685. The fraction of sp³-hybridized carbons (Fsp3) is 0.267. The van der Waals surface area contributed by atoms with Crippen molar-refractivity contribution in [3.8, 4) is 0 Å². The minimum atomic E-state index is 0.573. The molecule has 0 fully saturated rings. The Kier molecular flexibility index (Phi) is 3.43. The normalized spacial score (nSPS) is 10.8. The van der Waals surface area contributed by atoms with Crippen LogP contribution in [-0.2, 0) is 0 Å². The van der Waals surface area contributed by atoms with E-state index in [1.54, 1.807) is 6.33 Å². The smallest absolute Gasteiger partial charge is 0.226 e. The van der Waals surface area contributed by atoms with Gasteiger partial charge in [-0.25, -0.2) is 4.98 Å². The topological polar surface area (TPSA) is 78.5 Å². The summed E-state index contributed by atoms with van der Waals surface area (Å²) in [7, 11) is 0. The van der Waals surface area contributed by atoms with Crippen LogP contribution in [0.1, 0.15) is 18.1 Å². The van der Waals surface area contributed by atoms with Crippen LogP contribution in [0, 0.1) is 13.8 Å². The summed E-state index contributed by atoms with van der Waals surface area (Å²) in [6.45, 7) is 6.93. The number of hydrogen-bond acceptors (Lipinski definition) is 5. The van der Waals surface area contributed by atoms with E-state index >= 15 is 0 Å². The van der Waals surface area contributed by atoms with Gasteiger partial charge in [-0.2, -0.15) is 9.97 Å². The SMILES string of the molecule is CCNc1nc(Nc2ccc(C)cc2C)c2[nH]cnc2n1. The van der Waals surface area contributed by atoms with Gasteiger partial charge in [-0.05, 0) is 32.4 Å². The van der Waals surface area contributed by atoms with Gasteiger partial charge in [0, 0.05) is 12.2 Å². The van der Waals surface area contributed by atoms with Crippen molar-refractivity contribution in [2.45, 2.75) is 20.8 Å². The average molecular weight is 282 g/mol. The molecule has 0 bridgehead atoms. The molecule has 0 atom stereocenters. The molecule has 0 radical (unpaired) electrons. The van der Waals surface area contributed by atoms with Crippen LogP contribution >= 0.6 is 0 Å². The molecule has 6 heteroatoms. The lowest BCUT2D eigenvalue weighted by molar-refractivity contribution is 1.10. The number of benzene rings is 1. The number of imidazole rings is 1. The second-order valence-electron chi connectivity index (χ2n) is 4.97. The zero-order valence-corrected chi connectivity index (χ0v) is 12.4. The van der Waals surface area contributed by atoms with E-state index in [4.69, 9.17) is 0 Å². The first-order chi connectivity index (χ1) is 10.2. The maximum atomic E-state index is 4.52. The van der Waals surface area contributed by atoms with Crippen LogP contribution in [0.4, 0.5) is 17.5 Å². The fourth-order valence-corrected chi connectivity index (χ4v) is 2.24. The number of aromatic nitrogens is 4. The number of anilines is 3. The lowest BCUT2D eigenvalue weighted by Gasteiger charge is -2.11. The number of nitrogens with zero attached hydrogens (tertiary/aromatic N) is 3. The number of aromatic amines is 1. The zero-order chi connectivity index (χ0) is 14.8. The standard InChI is InChI=1S/C15H18N6/c1-4-16-15-20-13-12(17-8-18-13)14(21-15)19-11-6-5-9(2)7-10(11)3/h5-8H,4H2,1-3H3,(H3,16,17,18,19,20,21). The molecule has 0 saturated heterocycles. The number of H-pyrrole nitrogens is 1. The predicted octanol–water partition coefficient (Wildman–Crippen LogP) is 3.15. The van der Waals surface area contributed by atoms with E-state index in [0.29, 0.717) is 11.6 Å². The summed E-state index contributed by atoms with van der Waals surface area (Å²) in [6.07, 6.45) is 1.63. The number of hydrogen-bond donors (Lipinski definition) is 3. The summed E-state index contributed by atoms with van der Waals surface area (Å²) in [5.74, 6) is 1.30. The molecule has 21 heavy (non-hydrogen) atoms. The van der Waals surface area contributed by atoms with Gasteiger partial charge in [-0.15, -0.1) is 0 Å².